The number of likely N-dealkylation sites (tertiary alicyclic amines) is 1. The van der Waals surface area contributed by atoms with Crippen LogP contribution < -0.4 is 10.6 Å². The number of imide groups is 1. The first-order chi connectivity index (χ1) is 14.4. The largest absolute Gasteiger partial charge is 0.376 e. The van der Waals surface area contributed by atoms with E-state index in [1.165, 1.54) is 17.0 Å². The lowest BCUT2D eigenvalue weighted by molar-refractivity contribution is -0.133. The lowest BCUT2D eigenvalue weighted by atomic mass is 9.87. The third-order valence-corrected chi connectivity index (χ3v) is 6.13. The number of hydrogen-bond donors (Lipinski definition) is 2. The summed E-state index contributed by atoms with van der Waals surface area (Å²) in [5, 5.41) is 5.77. The van der Waals surface area contributed by atoms with Gasteiger partial charge in [0.1, 0.15) is 11.4 Å². The number of halogens is 1. The van der Waals surface area contributed by atoms with Gasteiger partial charge < -0.3 is 15.4 Å². The Balaban J connectivity index is 1.28. The standard InChI is InChI=1S/C21H27FN4O4/c22-16-5-3-15(4-6-16)13-26-19(28)21(24-20(26)29)7-9-25(10-8-21)14-18(27)23-12-17-2-1-11-30-17/h3-6,17H,1-2,7-14H2,(H,23,27)(H,24,29)/t17-/m0/s1. The second kappa shape index (κ2) is 8.69. The molecule has 4 rings (SSSR count). The van der Waals surface area contributed by atoms with Crippen LogP contribution in [0.25, 0.3) is 0 Å². The van der Waals surface area contributed by atoms with E-state index in [9.17, 15) is 18.8 Å². The Morgan fingerprint density at radius 1 is 1.23 bits per heavy atom. The van der Waals surface area contributed by atoms with Gasteiger partial charge in [0.05, 0.1) is 19.2 Å². The molecule has 162 valence electrons. The Morgan fingerprint density at radius 2 is 1.97 bits per heavy atom. The van der Waals surface area contributed by atoms with Crippen molar-refractivity contribution in [3.63, 3.8) is 0 Å². The van der Waals surface area contributed by atoms with Gasteiger partial charge in [0.15, 0.2) is 0 Å². The van der Waals surface area contributed by atoms with Crippen LogP contribution in [0.2, 0.25) is 0 Å². The van der Waals surface area contributed by atoms with Crippen LogP contribution >= 0.6 is 0 Å². The second-order valence-corrected chi connectivity index (χ2v) is 8.25. The Labute approximate surface area is 174 Å². The number of hydrogen-bond acceptors (Lipinski definition) is 5. The first-order valence-electron chi connectivity index (χ1n) is 10.4. The molecule has 0 aromatic heterocycles. The molecular weight excluding hydrogens is 391 g/mol. The molecule has 0 aliphatic carbocycles. The molecule has 0 saturated carbocycles. The Kier molecular flexibility index (Phi) is 6.01. The number of urea groups is 1. The fourth-order valence-electron chi connectivity index (χ4n) is 4.32. The molecule has 1 spiro atoms. The maximum absolute atomic E-state index is 13.1. The molecule has 3 heterocycles. The van der Waals surface area contributed by atoms with Crippen LogP contribution in [0.15, 0.2) is 24.3 Å². The first kappa shape index (κ1) is 20.7. The molecule has 0 unspecified atom stereocenters. The predicted octanol–water partition coefficient (Wildman–Crippen LogP) is 1.01. The average molecular weight is 418 g/mol. The van der Waals surface area contributed by atoms with Crippen molar-refractivity contribution in [1.29, 1.82) is 0 Å². The van der Waals surface area contributed by atoms with E-state index in [2.05, 4.69) is 10.6 Å². The smallest absolute Gasteiger partial charge is 0.325 e. The number of ether oxygens (including phenoxy) is 1. The van der Waals surface area contributed by atoms with Gasteiger partial charge in [0.25, 0.3) is 5.91 Å². The highest BCUT2D eigenvalue weighted by Crippen LogP contribution is 2.30. The van der Waals surface area contributed by atoms with Crippen molar-refractivity contribution >= 4 is 17.8 Å². The summed E-state index contributed by atoms with van der Waals surface area (Å²) in [6, 6.07) is 5.34. The van der Waals surface area contributed by atoms with Crippen LogP contribution in [-0.4, -0.2) is 72.1 Å². The normalized spacial score (nSPS) is 23.8. The highest BCUT2D eigenvalue weighted by atomic mass is 19.1. The molecule has 1 atom stereocenters. The number of rotatable bonds is 6. The van der Waals surface area contributed by atoms with Crippen molar-refractivity contribution in [3.05, 3.63) is 35.6 Å². The minimum Gasteiger partial charge on any atom is -0.376 e. The molecule has 3 saturated heterocycles. The summed E-state index contributed by atoms with van der Waals surface area (Å²) in [6.45, 7) is 2.76. The van der Waals surface area contributed by atoms with Gasteiger partial charge in [-0.2, -0.15) is 0 Å². The highest BCUT2D eigenvalue weighted by molar-refractivity contribution is 6.07. The van der Waals surface area contributed by atoms with Crippen LogP contribution in [0.5, 0.6) is 0 Å². The summed E-state index contributed by atoms with van der Waals surface area (Å²) >= 11 is 0. The van der Waals surface area contributed by atoms with Crippen molar-refractivity contribution < 1.29 is 23.5 Å². The Morgan fingerprint density at radius 3 is 2.63 bits per heavy atom. The van der Waals surface area contributed by atoms with E-state index >= 15 is 0 Å². The van der Waals surface area contributed by atoms with Gasteiger partial charge >= 0.3 is 6.03 Å². The van der Waals surface area contributed by atoms with Crippen molar-refractivity contribution in [2.45, 2.75) is 43.9 Å². The molecule has 3 aliphatic rings. The molecule has 3 fully saturated rings. The van der Waals surface area contributed by atoms with E-state index in [0.29, 0.717) is 38.0 Å². The third kappa shape index (κ3) is 4.46. The summed E-state index contributed by atoms with van der Waals surface area (Å²) in [7, 11) is 0. The summed E-state index contributed by atoms with van der Waals surface area (Å²) < 4.78 is 18.6. The molecule has 1 aromatic rings. The van der Waals surface area contributed by atoms with Crippen molar-refractivity contribution in [2.75, 3.05) is 32.8 Å². The van der Waals surface area contributed by atoms with E-state index in [0.717, 1.165) is 19.4 Å². The molecule has 0 bridgehead atoms. The summed E-state index contributed by atoms with van der Waals surface area (Å²) in [4.78, 5) is 40.8. The average Bonchev–Trinajstić information content (AvgIpc) is 3.33. The Bertz CT molecular complexity index is 802. The molecule has 1 aromatic carbocycles. The zero-order valence-electron chi connectivity index (χ0n) is 16.9. The van der Waals surface area contributed by atoms with Gasteiger partial charge in [-0.25, -0.2) is 9.18 Å². The fourth-order valence-corrected chi connectivity index (χ4v) is 4.32. The number of benzene rings is 1. The van der Waals surface area contributed by atoms with Crippen LogP contribution in [0.1, 0.15) is 31.2 Å². The minimum atomic E-state index is -0.915. The molecular formula is C21H27FN4O4. The maximum Gasteiger partial charge on any atom is 0.325 e. The lowest BCUT2D eigenvalue weighted by Gasteiger charge is -2.37. The third-order valence-electron chi connectivity index (χ3n) is 6.13. The molecule has 8 nitrogen and oxygen atoms in total. The van der Waals surface area contributed by atoms with Crippen molar-refractivity contribution in [2.24, 2.45) is 0 Å². The van der Waals surface area contributed by atoms with Crippen molar-refractivity contribution in [1.82, 2.24) is 20.4 Å². The van der Waals surface area contributed by atoms with Gasteiger partial charge in [-0.1, -0.05) is 12.1 Å². The molecule has 0 radical (unpaired) electrons. The quantitative estimate of drug-likeness (QED) is 0.673. The van der Waals surface area contributed by atoms with Gasteiger partial charge in [0.2, 0.25) is 5.91 Å². The van der Waals surface area contributed by atoms with Crippen LogP contribution in [0.4, 0.5) is 9.18 Å². The van der Waals surface area contributed by atoms with Crippen LogP contribution in [-0.2, 0) is 20.9 Å². The number of nitrogens with zero attached hydrogens (tertiary/aromatic N) is 2. The number of nitrogens with one attached hydrogen (secondary N) is 2. The van der Waals surface area contributed by atoms with Gasteiger partial charge in [-0.05, 0) is 43.4 Å². The lowest BCUT2D eigenvalue weighted by Crippen LogP contribution is -2.56. The minimum absolute atomic E-state index is 0.0545. The molecule has 9 heteroatoms. The number of piperidine rings is 1. The van der Waals surface area contributed by atoms with Gasteiger partial charge in [-0.15, -0.1) is 0 Å². The molecule has 30 heavy (non-hydrogen) atoms. The fraction of sp³-hybridized carbons (Fsp3) is 0.571. The van der Waals surface area contributed by atoms with Crippen LogP contribution in [0, 0.1) is 5.82 Å². The highest BCUT2D eigenvalue weighted by Gasteiger charge is 2.52. The van der Waals surface area contributed by atoms with Crippen molar-refractivity contribution in [3.8, 4) is 0 Å². The first-order valence-corrected chi connectivity index (χ1v) is 10.4. The predicted molar refractivity (Wildman–Crippen MR) is 106 cm³/mol. The topological polar surface area (TPSA) is 91.0 Å². The van der Waals surface area contributed by atoms with E-state index in [4.69, 9.17) is 4.74 Å². The Hall–Kier alpha value is -2.52. The number of amides is 4. The summed E-state index contributed by atoms with van der Waals surface area (Å²) in [5.74, 6) is -0.667. The van der Waals surface area contributed by atoms with Gasteiger partial charge in [0, 0.05) is 26.2 Å². The molecule has 2 N–H and O–H groups in total. The number of carbonyl (C=O) groups excluding carboxylic acids is 3. The summed E-state index contributed by atoms with van der Waals surface area (Å²) in [5.41, 5.74) is -0.223. The van der Waals surface area contributed by atoms with E-state index < -0.39 is 11.6 Å². The zero-order chi connectivity index (χ0) is 21.1. The number of carbonyl (C=O) groups is 3. The summed E-state index contributed by atoms with van der Waals surface area (Å²) in [6.07, 6.45) is 3.03. The second-order valence-electron chi connectivity index (χ2n) is 8.25. The SMILES string of the molecule is O=C(CN1CCC2(CC1)NC(=O)N(Cc1ccc(F)cc1)C2=O)NC[C@@H]1CCCO1. The van der Waals surface area contributed by atoms with E-state index in [1.54, 1.807) is 12.1 Å². The zero-order valence-corrected chi connectivity index (χ0v) is 16.9. The van der Waals surface area contributed by atoms with Gasteiger partial charge in [-0.3, -0.25) is 19.4 Å². The monoisotopic (exact) mass is 418 g/mol. The maximum atomic E-state index is 13.1. The van der Waals surface area contributed by atoms with Crippen LogP contribution in [0.3, 0.4) is 0 Å². The molecule has 3 aliphatic heterocycles. The van der Waals surface area contributed by atoms with E-state index in [1.807, 2.05) is 4.90 Å². The van der Waals surface area contributed by atoms with E-state index in [-0.39, 0.29) is 36.8 Å². The molecule has 4 amide bonds.